The Kier molecular flexibility index (Phi) is 3.43. The van der Waals surface area contributed by atoms with Gasteiger partial charge in [0.25, 0.3) is 0 Å². The Morgan fingerprint density at radius 2 is 2.04 bits per heavy atom. The number of hydrogen-bond acceptors (Lipinski definition) is 8. The van der Waals surface area contributed by atoms with Crippen molar-refractivity contribution in [2.24, 2.45) is 0 Å². The van der Waals surface area contributed by atoms with Gasteiger partial charge in [0.2, 0.25) is 24.5 Å². The SMILES string of the molecule is Cc1nnc(CNC(=O)C2(c3cc(-c4ccc5c(c4)OCO5)on3)CC2)o1. The number of nitrogens with zero attached hydrogens (tertiary/aromatic N) is 3. The number of aryl methyl sites for hydroxylation is 1. The summed E-state index contributed by atoms with van der Waals surface area (Å²) >= 11 is 0. The fourth-order valence-electron chi connectivity index (χ4n) is 3.15. The molecule has 1 saturated carbocycles. The van der Waals surface area contributed by atoms with Crippen LogP contribution in [0.25, 0.3) is 11.3 Å². The highest BCUT2D eigenvalue weighted by atomic mass is 16.7. The average molecular weight is 368 g/mol. The highest BCUT2D eigenvalue weighted by molar-refractivity contribution is 5.90. The lowest BCUT2D eigenvalue weighted by Gasteiger charge is -2.10. The van der Waals surface area contributed by atoms with Crippen molar-refractivity contribution in [3.63, 3.8) is 0 Å². The molecule has 5 rings (SSSR count). The molecule has 1 N–H and O–H groups in total. The van der Waals surface area contributed by atoms with Gasteiger partial charge in [-0.1, -0.05) is 5.16 Å². The molecule has 0 saturated heterocycles. The topological polar surface area (TPSA) is 113 Å². The smallest absolute Gasteiger partial charge is 0.235 e. The number of ether oxygens (including phenoxy) is 2. The second-order valence-electron chi connectivity index (χ2n) is 6.62. The van der Waals surface area contributed by atoms with Gasteiger partial charge in [0.15, 0.2) is 17.3 Å². The molecule has 1 aromatic carbocycles. The van der Waals surface area contributed by atoms with Gasteiger partial charge in [0.05, 0.1) is 17.7 Å². The van der Waals surface area contributed by atoms with Crippen LogP contribution in [0.2, 0.25) is 0 Å². The van der Waals surface area contributed by atoms with Crippen LogP contribution in [-0.4, -0.2) is 28.1 Å². The first-order chi connectivity index (χ1) is 13.1. The third-order valence-electron chi connectivity index (χ3n) is 4.81. The third-order valence-corrected chi connectivity index (χ3v) is 4.81. The van der Waals surface area contributed by atoms with Crippen molar-refractivity contribution in [3.8, 4) is 22.8 Å². The van der Waals surface area contributed by atoms with Gasteiger partial charge in [-0.15, -0.1) is 10.2 Å². The standard InChI is InChI=1S/C18H16N4O5/c1-10-20-21-16(26-10)8-19-17(23)18(4-5-18)15-7-13(27-22-15)11-2-3-12-14(6-11)25-9-24-12/h2-3,6-7H,4-5,8-9H2,1H3,(H,19,23). The molecule has 9 heteroatoms. The largest absolute Gasteiger partial charge is 0.454 e. The summed E-state index contributed by atoms with van der Waals surface area (Å²) in [6.07, 6.45) is 1.43. The number of benzene rings is 1. The molecular weight excluding hydrogens is 352 g/mol. The zero-order valence-electron chi connectivity index (χ0n) is 14.5. The summed E-state index contributed by atoms with van der Waals surface area (Å²) in [6.45, 7) is 2.10. The monoisotopic (exact) mass is 368 g/mol. The predicted molar refractivity (Wildman–Crippen MR) is 89.9 cm³/mol. The van der Waals surface area contributed by atoms with Crippen molar-refractivity contribution in [2.75, 3.05) is 6.79 Å². The van der Waals surface area contributed by atoms with Crippen LogP contribution < -0.4 is 14.8 Å². The minimum atomic E-state index is -0.660. The molecule has 0 bridgehead atoms. The van der Waals surface area contributed by atoms with Gasteiger partial charge in [0.1, 0.15) is 0 Å². The highest BCUT2D eigenvalue weighted by Crippen LogP contribution is 2.49. The average Bonchev–Trinajstić information content (AvgIpc) is 3.06. The summed E-state index contributed by atoms with van der Waals surface area (Å²) in [5, 5.41) is 14.6. The summed E-state index contributed by atoms with van der Waals surface area (Å²) in [5.74, 6) is 2.66. The first-order valence-electron chi connectivity index (χ1n) is 8.59. The number of fused-ring (bicyclic) bond motifs is 1. The summed E-state index contributed by atoms with van der Waals surface area (Å²) in [5.41, 5.74) is 0.776. The quantitative estimate of drug-likeness (QED) is 0.729. The highest BCUT2D eigenvalue weighted by Gasteiger charge is 2.53. The molecule has 1 aliphatic heterocycles. The zero-order valence-corrected chi connectivity index (χ0v) is 14.5. The number of aromatic nitrogens is 3. The molecule has 2 aliphatic rings. The lowest BCUT2D eigenvalue weighted by molar-refractivity contribution is -0.124. The van der Waals surface area contributed by atoms with E-state index in [1.807, 2.05) is 18.2 Å². The second-order valence-corrected chi connectivity index (χ2v) is 6.62. The number of hydrogen-bond donors (Lipinski definition) is 1. The van der Waals surface area contributed by atoms with Crippen LogP contribution in [0.5, 0.6) is 11.5 Å². The number of rotatable bonds is 5. The third kappa shape index (κ3) is 2.71. The summed E-state index contributed by atoms with van der Waals surface area (Å²) in [6, 6.07) is 7.34. The minimum Gasteiger partial charge on any atom is -0.454 e. The second kappa shape index (κ2) is 5.83. The summed E-state index contributed by atoms with van der Waals surface area (Å²) in [4.78, 5) is 12.7. The molecular formula is C18H16N4O5. The van der Waals surface area contributed by atoms with E-state index in [1.165, 1.54) is 0 Å². The van der Waals surface area contributed by atoms with Crippen molar-refractivity contribution in [1.29, 1.82) is 0 Å². The van der Waals surface area contributed by atoms with E-state index >= 15 is 0 Å². The number of carbonyl (C=O) groups is 1. The van der Waals surface area contributed by atoms with Gasteiger partial charge in [0, 0.05) is 18.6 Å². The molecule has 0 unspecified atom stereocenters. The van der Waals surface area contributed by atoms with Gasteiger partial charge in [-0.25, -0.2) is 0 Å². The van der Waals surface area contributed by atoms with Crippen molar-refractivity contribution >= 4 is 5.91 Å². The maximum Gasteiger partial charge on any atom is 0.235 e. The normalized spacial score (nSPS) is 16.3. The van der Waals surface area contributed by atoms with E-state index < -0.39 is 5.41 Å². The van der Waals surface area contributed by atoms with E-state index in [9.17, 15) is 4.79 Å². The number of carbonyl (C=O) groups excluding carboxylic acids is 1. The Morgan fingerprint density at radius 3 is 2.81 bits per heavy atom. The van der Waals surface area contributed by atoms with E-state index in [0.29, 0.717) is 34.7 Å². The van der Waals surface area contributed by atoms with E-state index in [-0.39, 0.29) is 19.2 Å². The molecule has 9 nitrogen and oxygen atoms in total. The Labute approximate surface area is 153 Å². The lowest BCUT2D eigenvalue weighted by Crippen LogP contribution is -2.34. The van der Waals surface area contributed by atoms with Crippen LogP contribution in [-0.2, 0) is 16.8 Å². The fraction of sp³-hybridized carbons (Fsp3) is 0.333. The number of amides is 1. The van der Waals surface area contributed by atoms with E-state index in [2.05, 4.69) is 20.7 Å². The maximum absolute atomic E-state index is 12.7. The van der Waals surface area contributed by atoms with Crippen LogP contribution in [0.15, 0.2) is 33.2 Å². The molecule has 0 atom stereocenters. The molecule has 1 aliphatic carbocycles. The van der Waals surface area contributed by atoms with Crippen molar-refractivity contribution in [1.82, 2.24) is 20.7 Å². The zero-order chi connectivity index (χ0) is 18.4. The van der Waals surface area contributed by atoms with Crippen molar-refractivity contribution in [2.45, 2.75) is 31.7 Å². The van der Waals surface area contributed by atoms with Crippen LogP contribution >= 0.6 is 0 Å². The molecule has 3 heterocycles. The molecule has 27 heavy (non-hydrogen) atoms. The van der Waals surface area contributed by atoms with E-state index in [1.54, 1.807) is 13.0 Å². The Morgan fingerprint density at radius 1 is 1.19 bits per heavy atom. The van der Waals surface area contributed by atoms with Crippen molar-refractivity contribution in [3.05, 3.63) is 41.7 Å². The molecule has 1 amide bonds. The first kappa shape index (κ1) is 15.9. The lowest BCUT2D eigenvalue weighted by atomic mass is 10.0. The van der Waals surface area contributed by atoms with Crippen molar-refractivity contribution < 1.29 is 23.2 Å². The minimum absolute atomic E-state index is 0.121. The Bertz CT molecular complexity index is 1020. The summed E-state index contributed by atoms with van der Waals surface area (Å²) in [7, 11) is 0. The van der Waals surface area contributed by atoms with Gasteiger partial charge in [-0.05, 0) is 31.0 Å². The number of nitrogens with one attached hydrogen (secondary N) is 1. The Hall–Kier alpha value is -3.36. The molecule has 0 radical (unpaired) electrons. The first-order valence-corrected chi connectivity index (χ1v) is 8.59. The van der Waals surface area contributed by atoms with Crippen LogP contribution in [0.4, 0.5) is 0 Å². The molecule has 1 fully saturated rings. The molecule has 138 valence electrons. The Balaban J connectivity index is 1.33. The van der Waals surface area contributed by atoms with Gasteiger partial charge < -0.3 is 23.7 Å². The van der Waals surface area contributed by atoms with Crippen LogP contribution in [0.3, 0.4) is 0 Å². The van der Waals surface area contributed by atoms with Crippen LogP contribution in [0, 0.1) is 6.92 Å². The van der Waals surface area contributed by atoms with E-state index in [0.717, 1.165) is 18.4 Å². The van der Waals surface area contributed by atoms with E-state index in [4.69, 9.17) is 18.4 Å². The molecule has 2 aromatic heterocycles. The molecule has 0 spiro atoms. The fourth-order valence-corrected chi connectivity index (χ4v) is 3.15. The van der Waals surface area contributed by atoms with Gasteiger partial charge in [-0.2, -0.15) is 0 Å². The summed E-state index contributed by atoms with van der Waals surface area (Å²) < 4.78 is 21.5. The van der Waals surface area contributed by atoms with Gasteiger partial charge >= 0.3 is 0 Å². The maximum atomic E-state index is 12.7. The van der Waals surface area contributed by atoms with Crippen LogP contribution in [0.1, 0.15) is 30.3 Å². The van der Waals surface area contributed by atoms with Gasteiger partial charge in [-0.3, -0.25) is 4.79 Å². The predicted octanol–water partition coefficient (Wildman–Crippen LogP) is 2.11. The molecule has 3 aromatic rings.